The van der Waals surface area contributed by atoms with Crippen LogP contribution in [0.5, 0.6) is 0 Å². The molecular formula is C17H21N3O. The van der Waals surface area contributed by atoms with E-state index >= 15 is 0 Å². The lowest BCUT2D eigenvalue weighted by atomic mass is 9.92. The maximum Gasteiger partial charge on any atom is 0.319 e. The number of carbonyl (C=O) groups is 1. The van der Waals surface area contributed by atoms with Crippen LogP contribution >= 0.6 is 0 Å². The van der Waals surface area contributed by atoms with Crippen molar-refractivity contribution in [3.8, 4) is 0 Å². The van der Waals surface area contributed by atoms with Crippen LogP contribution in [0.2, 0.25) is 0 Å². The largest absolute Gasteiger partial charge is 0.335 e. The molecule has 0 heterocycles. The van der Waals surface area contributed by atoms with E-state index in [1.807, 2.05) is 42.5 Å². The number of benzene rings is 2. The minimum Gasteiger partial charge on any atom is -0.335 e. The zero-order valence-corrected chi connectivity index (χ0v) is 12.0. The number of hydrogen-bond donors (Lipinski definition) is 3. The van der Waals surface area contributed by atoms with Crippen LogP contribution in [-0.2, 0) is 0 Å². The summed E-state index contributed by atoms with van der Waals surface area (Å²) in [6.07, 6.45) is 3.90. The summed E-state index contributed by atoms with van der Waals surface area (Å²) >= 11 is 0. The van der Waals surface area contributed by atoms with E-state index in [-0.39, 0.29) is 12.1 Å². The van der Waals surface area contributed by atoms with E-state index in [0.29, 0.717) is 6.04 Å². The lowest BCUT2D eigenvalue weighted by Crippen LogP contribution is -2.42. The molecule has 1 fully saturated rings. The predicted molar refractivity (Wildman–Crippen MR) is 86.3 cm³/mol. The van der Waals surface area contributed by atoms with Crippen LogP contribution in [0.4, 0.5) is 10.5 Å². The highest BCUT2D eigenvalue weighted by molar-refractivity contribution is 6.01. The fourth-order valence-corrected chi connectivity index (χ4v) is 2.94. The molecule has 21 heavy (non-hydrogen) atoms. The first-order chi connectivity index (χ1) is 10.2. The number of nitrogens with two attached hydrogens (primary N) is 1. The van der Waals surface area contributed by atoms with Crippen molar-refractivity contribution in [3.63, 3.8) is 0 Å². The maximum atomic E-state index is 12.2. The molecule has 1 aliphatic rings. The molecule has 0 atom stereocenters. The van der Waals surface area contributed by atoms with Gasteiger partial charge in [0, 0.05) is 17.5 Å². The molecule has 0 aromatic heterocycles. The number of anilines is 1. The van der Waals surface area contributed by atoms with Crippen LogP contribution in [0.1, 0.15) is 25.7 Å². The van der Waals surface area contributed by atoms with Crippen LogP contribution in [0.25, 0.3) is 10.8 Å². The zero-order valence-electron chi connectivity index (χ0n) is 12.0. The summed E-state index contributed by atoms with van der Waals surface area (Å²) in [5.74, 6) is 0. The molecule has 2 aromatic rings. The van der Waals surface area contributed by atoms with Gasteiger partial charge in [-0.2, -0.15) is 0 Å². The summed E-state index contributed by atoms with van der Waals surface area (Å²) in [6, 6.07) is 14.4. The number of hydrogen-bond acceptors (Lipinski definition) is 2. The molecule has 0 saturated heterocycles. The van der Waals surface area contributed by atoms with Gasteiger partial charge in [0.2, 0.25) is 0 Å². The molecule has 3 rings (SSSR count). The first-order valence-corrected chi connectivity index (χ1v) is 7.53. The monoisotopic (exact) mass is 283 g/mol. The van der Waals surface area contributed by atoms with E-state index < -0.39 is 0 Å². The second-order valence-corrected chi connectivity index (χ2v) is 5.74. The van der Waals surface area contributed by atoms with E-state index in [1.54, 1.807) is 0 Å². The number of urea groups is 1. The molecule has 2 amide bonds. The SMILES string of the molecule is NC1CCC(NC(=O)Nc2cccc3ccccc23)CC1. The molecule has 4 heteroatoms. The lowest BCUT2D eigenvalue weighted by Gasteiger charge is -2.26. The number of fused-ring (bicyclic) bond motifs is 1. The minimum absolute atomic E-state index is 0.133. The van der Waals surface area contributed by atoms with Crippen molar-refractivity contribution < 1.29 is 4.79 Å². The lowest BCUT2D eigenvalue weighted by molar-refractivity contribution is 0.242. The Morgan fingerprint density at radius 3 is 2.52 bits per heavy atom. The van der Waals surface area contributed by atoms with Crippen LogP contribution < -0.4 is 16.4 Å². The van der Waals surface area contributed by atoms with Gasteiger partial charge in [0.15, 0.2) is 0 Å². The summed E-state index contributed by atoms with van der Waals surface area (Å²) < 4.78 is 0. The second kappa shape index (κ2) is 6.14. The first kappa shape index (κ1) is 13.9. The summed E-state index contributed by atoms with van der Waals surface area (Å²) in [6.45, 7) is 0. The van der Waals surface area contributed by atoms with Gasteiger partial charge >= 0.3 is 6.03 Å². The van der Waals surface area contributed by atoms with Crippen LogP contribution in [0.3, 0.4) is 0 Å². The maximum absolute atomic E-state index is 12.2. The van der Waals surface area contributed by atoms with Gasteiger partial charge in [0.1, 0.15) is 0 Å². The minimum atomic E-state index is -0.133. The smallest absolute Gasteiger partial charge is 0.319 e. The molecule has 0 aliphatic heterocycles. The highest BCUT2D eigenvalue weighted by Gasteiger charge is 2.20. The van der Waals surface area contributed by atoms with E-state index in [2.05, 4.69) is 10.6 Å². The summed E-state index contributed by atoms with van der Waals surface area (Å²) in [4.78, 5) is 12.2. The summed E-state index contributed by atoms with van der Waals surface area (Å²) in [5.41, 5.74) is 6.73. The van der Waals surface area contributed by atoms with Gasteiger partial charge in [0.25, 0.3) is 0 Å². The van der Waals surface area contributed by atoms with Gasteiger partial charge in [-0.3, -0.25) is 0 Å². The van der Waals surface area contributed by atoms with Gasteiger partial charge in [-0.1, -0.05) is 36.4 Å². The highest BCUT2D eigenvalue weighted by atomic mass is 16.2. The molecular weight excluding hydrogens is 262 g/mol. The first-order valence-electron chi connectivity index (χ1n) is 7.53. The van der Waals surface area contributed by atoms with Crippen molar-refractivity contribution in [2.45, 2.75) is 37.8 Å². The Hall–Kier alpha value is -2.07. The zero-order chi connectivity index (χ0) is 14.7. The van der Waals surface area contributed by atoms with E-state index in [9.17, 15) is 4.79 Å². The Morgan fingerprint density at radius 2 is 1.71 bits per heavy atom. The molecule has 0 spiro atoms. The number of rotatable bonds is 2. The normalized spacial score (nSPS) is 22.0. The number of amides is 2. The predicted octanol–water partition coefficient (Wildman–Crippen LogP) is 3.23. The van der Waals surface area contributed by atoms with Crippen molar-refractivity contribution in [3.05, 3.63) is 42.5 Å². The van der Waals surface area contributed by atoms with E-state index in [1.165, 1.54) is 0 Å². The van der Waals surface area contributed by atoms with Crippen molar-refractivity contribution >= 4 is 22.5 Å². The van der Waals surface area contributed by atoms with E-state index in [4.69, 9.17) is 5.73 Å². The highest BCUT2D eigenvalue weighted by Crippen LogP contribution is 2.23. The third-order valence-corrected chi connectivity index (χ3v) is 4.14. The Bertz CT molecular complexity index is 627. The van der Waals surface area contributed by atoms with Gasteiger partial charge < -0.3 is 16.4 Å². The van der Waals surface area contributed by atoms with Crippen molar-refractivity contribution in [2.75, 3.05) is 5.32 Å². The fraction of sp³-hybridized carbons (Fsp3) is 0.353. The van der Waals surface area contributed by atoms with E-state index in [0.717, 1.165) is 42.1 Å². The Kier molecular flexibility index (Phi) is 4.06. The third-order valence-electron chi connectivity index (χ3n) is 4.14. The molecule has 1 saturated carbocycles. The van der Waals surface area contributed by atoms with Crippen molar-refractivity contribution in [1.82, 2.24) is 5.32 Å². The molecule has 0 bridgehead atoms. The molecule has 1 aliphatic carbocycles. The molecule has 110 valence electrons. The van der Waals surface area contributed by atoms with Crippen LogP contribution in [0, 0.1) is 0 Å². The van der Waals surface area contributed by atoms with Crippen LogP contribution in [0.15, 0.2) is 42.5 Å². The summed E-state index contributed by atoms with van der Waals surface area (Å²) in [5, 5.41) is 8.19. The van der Waals surface area contributed by atoms with Crippen molar-refractivity contribution in [1.29, 1.82) is 0 Å². The topological polar surface area (TPSA) is 67.1 Å². The van der Waals surface area contributed by atoms with Gasteiger partial charge in [-0.25, -0.2) is 4.79 Å². The Labute approximate surface area is 124 Å². The molecule has 2 aromatic carbocycles. The molecule has 0 radical (unpaired) electrons. The molecule has 4 nitrogen and oxygen atoms in total. The summed E-state index contributed by atoms with van der Waals surface area (Å²) in [7, 11) is 0. The average Bonchev–Trinajstić information content (AvgIpc) is 2.50. The van der Waals surface area contributed by atoms with Crippen LogP contribution in [-0.4, -0.2) is 18.1 Å². The Balaban J connectivity index is 1.66. The molecule has 0 unspecified atom stereocenters. The number of nitrogens with one attached hydrogen (secondary N) is 2. The Morgan fingerprint density at radius 1 is 1.00 bits per heavy atom. The second-order valence-electron chi connectivity index (χ2n) is 5.74. The standard InChI is InChI=1S/C17H21N3O/c18-13-8-10-14(11-9-13)19-17(21)20-16-7-3-5-12-4-1-2-6-15(12)16/h1-7,13-14H,8-11,18H2,(H2,19,20,21). The van der Waals surface area contributed by atoms with Gasteiger partial charge in [-0.05, 0) is 37.1 Å². The molecule has 4 N–H and O–H groups in total. The van der Waals surface area contributed by atoms with Gasteiger partial charge in [-0.15, -0.1) is 0 Å². The third kappa shape index (κ3) is 3.34. The number of carbonyl (C=O) groups excluding carboxylic acids is 1. The fourth-order valence-electron chi connectivity index (χ4n) is 2.94. The quantitative estimate of drug-likeness (QED) is 0.792. The van der Waals surface area contributed by atoms with Crippen molar-refractivity contribution in [2.24, 2.45) is 5.73 Å². The average molecular weight is 283 g/mol. The van der Waals surface area contributed by atoms with Gasteiger partial charge in [0.05, 0.1) is 5.69 Å².